The first-order valence-corrected chi connectivity index (χ1v) is 8.85. The first-order valence-electron chi connectivity index (χ1n) is 7.41. The van der Waals surface area contributed by atoms with E-state index < -0.39 is 10.2 Å². The van der Waals surface area contributed by atoms with Crippen LogP contribution in [-0.4, -0.2) is 39.4 Å². The molecule has 1 heterocycles. The van der Waals surface area contributed by atoms with Crippen LogP contribution in [0, 0.1) is 19.8 Å². The molecule has 0 spiro atoms. The lowest BCUT2D eigenvalue weighted by molar-refractivity contribution is 0.264. The van der Waals surface area contributed by atoms with E-state index in [4.69, 9.17) is 0 Å². The largest absolute Gasteiger partial charge is 0.319 e. The van der Waals surface area contributed by atoms with E-state index in [1.807, 2.05) is 39.1 Å². The molecule has 6 heteroatoms. The lowest BCUT2D eigenvalue weighted by Crippen LogP contribution is -2.44. The van der Waals surface area contributed by atoms with E-state index in [1.54, 1.807) is 4.31 Å². The third kappa shape index (κ3) is 4.43. The SMILES string of the molecule is CNCC1CCCN(S(=O)(=O)Nc2cc(C)cc(C)c2)C1. The van der Waals surface area contributed by atoms with Gasteiger partial charge in [-0.15, -0.1) is 0 Å². The molecule has 0 aromatic heterocycles. The van der Waals surface area contributed by atoms with Crippen molar-refractivity contribution in [2.24, 2.45) is 5.92 Å². The maximum absolute atomic E-state index is 12.5. The van der Waals surface area contributed by atoms with Gasteiger partial charge in [0.25, 0.3) is 0 Å². The van der Waals surface area contributed by atoms with Gasteiger partial charge in [0.1, 0.15) is 0 Å². The van der Waals surface area contributed by atoms with Gasteiger partial charge in [0.15, 0.2) is 0 Å². The van der Waals surface area contributed by atoms with E-state index in [2.05, 4.69) is 10.0 Å². The minimum absolute atomic E-state index is 0.388. The Bertz CT molecular complexity index is 564. The van der Waals surface area contributed by atoms with Crippen LogP contribution in [0.5, 0.6) is 0 Å². The van der Waals surface area contributed by atoms with Gasteiger partial charge in [0.05, 0.1) is 5.69 Å². The van der Waals surface area contributed by atoms with Gasteiger partial charge in [0, 0.05) is 13.1 Å². The second-order valence-corrected chi connectivity index (χ2v) is 7.58. The summed E-state index contributed by atoms with van der Waals surface area (Å²) in [5.74, 6) is 0.388. The first kappa shape index (κ1) is 16.3. The fraction of sp³-hybridized carbons (Fsp3) is 0.600. The minimum atomic E-state index is -3.47. The van der Waals surface area contributed by atoms with Crippen molar-refractivity contribution in [2.75, 3.05) is 31.4 Å². The van der Waals surface area contributed by atoms with Crippen LogP contribution in [0.2, 0.25) is 0 Å². The van der Waals surface area contributed by atoms with E-state index in [9.17, 15) is 8.42 Å². The summed E-state index contributed by atoms with van der Waals surface area (Å²) in [6, 6.07) is 5.75. The summed E-state index contributed by atoms with van der Waals surface area (Å²) in [6.45, 7) is 5.97. The van der Waals surface area contributed by atoms with Crippen molar-refractivity contribution in [3.05, 3.63) is 29.3 Å². The van der Waals surface area contributed by atoms with Crippen LogP contribution < -0.4 is 10.0 Å². The standard InChI is InChI=1S/C15H25N3O2S/c1-12-7-13(2)9-15(8-12)17-21(19,20)18-6-4-5-14(11-18)10-16-3/h7-9,14,16-17H,4-6,10-11H2,1-3H3. The number of aryl methyl sites for hydroxylation is 2. The highest BCUT2D eigenvalue weighted by Gasteiger charge is 2.28. The van der Waals surface area contributed by atoms with Gasteiger partial charge in [-0.3, -0.25) is 4.72 Å². The van der Waals surface area contributed by atoms with E-state index in [-0.39, 0.29) is 0 Å². The molecule has 0 radical (unpaired) electrons. The Hall–Kier alpha value is -1.11. The van der Waals surface area contributed by atoms with Crippen LogP contribution >= 0.6 is 0 Å². The molecule has 118 valence electrons. The fourth-order valence-electron chi connectivity index (χ4n) is 2.95. The van der Waals surface area contributed by atoms with Crippen molar-refractivity contribution in [3.63, 3.8) is 0 Å². The Morgan fingerprint density at radius 2 is 1.90 bits per heavy atom. The molecule has 0 bridgehead atoms. The molecule has 1 aliphatic rings. The fourth-order valence-corrected chi connectivity index (χ4v) is 4.27. The molecule has 0 aliphatic carbocycles. The molecular formula is C15H25N3O2S. The van der Waals surface area contributed by atoms with Crippen LogP contribution in [0.1, 0.15) is 24.0 Å². The van der Waals surface area contributed by atoms with Gasteiger partial charge < -0.3 is 5.32 Å². The van der Waals surface area contributed by atoms with E-state index in [1.165, 1.54) is 0 Å². The molecule has 1 atom stereocenters. The highest BCUT2D eigenvalue weighted by atomic mass is 32.2. The quantitative estimate of drug-likeness (QED) is 0.873. The third-order valence-electron chi connectivity index (χ3n) is 3.78. The number of piperidine rings is 1. The van der Waals surface area contributed by atoms with E-state index in [0.717, 1.165) is 30.5 Å². The molecule has 5 nitrogen and oxygen atoms in total. The summed E-state index contributed by atoms with van der Waals surface area (Å²) in [6.07, 6.45) is 2.00. The van der Waals surface area contributed by atoms with E-state index in [0.29, 0.717) is 24.7 Å². The Balaban J connectivity index is 2.10. The zero-order chi connectivity index (χ0) is 15.5. The van der Waals surface area contributed by atoms with Crippen molar-refractivity contribution >= 4 is 15.9 Å². The Labute approximate surface area is 127 Å². The molecule has 2 N–H and O–H groups in total. The molecule has 0 saturated carbocycles. The van der Waals surface area contributed by atoms with Crippen LogP contribution in [0.3, 0.4) is 0 Å². The van der Waals surface area contributed by atoms with Gasteiger partial charge in [-0.1, -0.05) is 6.07 Å². The van der Waals surface area contributed by atoms with Gasteiger partial charge >= 0.3 is 10.2 Å². The van der Waals surface area contributed by atoms with Crippen LogP contribution in [0.4, 0.5) is 5.69 Å². The summed E-state index contributed by atoms with van der Waals surface area (Å²) in [5, 5.41) is 3.13. The zero-order valence-electron chi connectivity index (χ0n) is 13.0. The molecule has 0 amide bonds. The van der Waals surface area contributed by atoms with Crippen LogP contribution in [0.15, 0.2) is 18.2 Å². The predicted molar refractivity (Wildman–Crippen MR) is 86.7 cm³/mol. The molecule has 1 unspecified atom stereocenters. The molecule has 1 aromatic carbocycles. The normalized spacial score (nSPS) is 20.4. The maximum atomic E-state index is 12.5. The Morgan fingerprint density at radius 1 is 1.24 bits per heavy atom. The molecule has 1 saturated heterocycles. The number of rotatable bonds is 5. The summed E-state index contributed by atoms with van der Waals surface area (Å²) < 4.78 is 29.3. The minimum Gasteiger partial charge on any atom is -0.319 e. The third-order valence-corrected chi connectivity index (χ3v) is 5.29. The van der Waals surface area contributed by atoms with Crippen molar-refractivity contribution < 1.29 is 8.42 Å². The lowest BCUT2D eigenvalue weighted by atomic mass is 10.00. The number of hydrogen-bond acceptors (Lipinski definition) is 3. The first-order chi connectivity index (χ1) is 9.90. The van der Waals surface area contributed by atoms with Gasteiger partial charge in [-0.2, -0.15) is 12.7 Å². The van der Waals surface area contributed by atoms with Crippen LogP contribution in [0.25, 0.3) is 0 Å². The van der Waals surface area contributed by atoms with Gasteiger partial charge in [-0.25, -0.2) is 0 Å². The molecular weight excluding hydrogens is 286 g/mol. The van der Waals surface area contributed by atoms with Crippen molar-refractivity contribution in [1.29, 1.82) is 0 Å². The average molecular weight is 311 g/mol. The summed E-state index contributed by atoms with van der Waals surface area (Å²) in [4.78, 5) is 0. The average Bonchev–Trinajstić information content (AvgIpc) is 2.37. The topological polar surface area (TPSA) is 61.4 Å². The molecule has 21 heavy (non-hydrogen) atoms. The molecule has 1 aromatic rings. The summed E-state index contributed by atoms with van der Waals surface area (Å²) in [7, 11) is -1.56. The van der Waals surface area contributed by atoms with Crippen molar-refractivity contribution in [2.45, 2.75) is 26.7 Å². The maximum Gasteiger partial charge on any atom is 0.301 e. The monoisotopic (exact) mass is 311 g/mol. The number of anilines is 1. The second-order valence-electron chi connectivity index (χ2n) is 5.91. The number of hydrogen-bond donors (Lipinski definition) is 2. The Kier molecular flexibility index (Phi) is 5.24. The van der Waals surface area contributed by atoms with Crippen LogP contribution in [-0.2, 0) is 10.2 Å². The highest BCUT2D eigenvalue weighted by Crippen LogP contribution is 2.21. The predicted octanol–water partition coefficient (Wildman–Crippen LogP) is 1.89. The van der Waals surface area contributed by atoms with Gasteiger partial charge in [-0.05, 0) is 69.5 Å². The molecule has 1 fully saturated rings. The number of nitrogens with zero attached hydrogens (tertiary/aromatic N) is 1. The zero-order valence-corrected chi connectivity index (χ0v) is 13.8. The Morgan fingerprint density at radius 3 is 2.52 bits per heavy atom. The van der Waals surface area contributed by atoms with E-state index >= 15 is 0 Å². The number of nitrogens with one attached hydrogen (secondary N) is 2. The van der Waals surface area contributed by atoms with Crippen molar-refractivity contribution in [3.8, 4) is 0 Å². The number of benzene rings is 1. The summed E-state index contributed by atoms with van der Waals surface area (Å²) >= 11 is 0. The van der Waals surface area contributed by atoms with Gasteiger partial charge in [0.2, 0.25) is 0 Å². The smallest absolute Gasteiger partial charge is 0.301 e. The lowest BCUT2D eigenvalue weighted by Gasteiger charge is -2.32. The second kappa shape index (κ2) is 6.77. The van der Waals surface area contributed by atoms with Crippen molar-refractivity contribution in [1.82, 2.24) is 9.62 Å². The molecule has 1 aliphatic heterocycles. The highest BCUT2D eigenvalue weighted by molar-refractivity contribution is 7.90. The molecule has 2 rings (SSSR count). The summed E-state index contributed by atoms with van der Waals surface area (Å²) in [5.41, 5.74) is 2.75.